The first kappa shape index (κ1) is 15.3. The minimum Gasteiger partial charge on any atom is -0.342 e. The van der Waals surface area contributed by atoms with Gasteiger partial charge >= 0.3 is 0 Å². The van der Waals surface area contributed by atoms with Crippen molar-refractivity contribution in [3.8, 4) is 0 Å². The van der Waals surface area contributed by atoms with Gasteiger partial charge < -0.3 is 4.90 Å². The fraction of sp³-hybridized carbons (Fsp3) is 0.583. The van der Waals surface area contributed by atoms with Gasteiger partial charge in [-0.15, -0.1) is 11.3 Å². The second kappa shape index (κ2) is 7.05. The molecule has 0 aromatic carbocycles. The van der Waals surface area contributed by atoms with Gasteiger partial charge in [-0.05, 0) is 19.8 Å². The number of thiazole rings is 1. The maximum absolute atomic E-state index is 12.1. The van der Waals surface area contributed by atoms with Gasteiger partial charge in [0.1, 0.15) is 0 Å². The summed E-state index contributed by atoms with van der Waals surface area (Å²) < 4.78 is 0.924. The second-order valence-corrected chi connectivity index (χ2v) is 6.79. The van der Waals surface area contributed by atoms with Crippen LogP contribution in [0.2, 0.25) is 0 Å². The molecule has 3 N–H and O–H groups in total. The van der Waals surface area contributed by atoms with Crippen molar-refractivity contribution >= 4 is 34.9 Å². The van der Waals surface area contributed by atoms with Gasteiger partial charge in [0.15, 0.2) is 4.34 Å². The Balaban J connectivity index is 1.76. The molecule has 0 atom stereocenters. The highest BCUT2D eigenvalue weighted by Gasteiger charge is 2.26. The van der Waals surface area contributed by atoms with Gasteiger partial charge in [0, 0.05) is 30.1 Å². The first-order chi connectivity index (χ1) is 9.60. The largest absolute Gasteiger partial charge is 0.342 e. The number of aromatic nitrogens is 1. The van der Waals surface area contributed by atoms with Crippen LogP contribution in [0.25, 0.3) is 0 Å². The molecule has 1 fully saturated rings. The zero-order chi connectivity index (χ0) is 14.5. The van der Waals surface area contributed by atoms with Crippen LogP contribution in [0.3, 0.4) is 0 Å². The summed E-state index contributed by atoms with van der Waals surface area (Å²) in [6.45, 7) is 3.18. The lowest BCUT2D eigenvalue weighted by atomic mass is 9.96. The minimum absolute atomic E-state index is 0.0710. The van der Waals surface area contributed by atoms with Crippen molar-refractivity contribution in [3.05, 3.63) is 11.1 Å². The Labute approximate surface area is 126 Å². The van der Waals surface area contributed by atoms with E-state index in [0.29, 0.717) is 31.7 Å². The number of carbonyl (C=O) groups is 2. The van der Waals surface area contributed by atoms with Crippen LogP contribution >= 0.6 is 23.1 Å². The number of likely N-dealkylation sites (tertiary alicyclic amines) is 1. The van der Waals surface area contributed by atoms with E-state index < -0.39 is 0 Å². The van der Waals surface area contributed by atoms with E-state index in [9.17, 15) is 9.59 Å². The number of hydrazine groups is 1. The predicted octanol–water partition coefficient (Wildman–Crippen LogP) is 0.772. The summed E-state index contributed by atoms with van der Waals surface area (Å²) >= 11 is 3.03. The maximum atomic E-state index is 12.1. The first-order valence-electron chi connectivity index (χ1n) is 6.43. The Morgan fingerprint density at radius 1 is 1.55 bits per heavy atom. The van der Waals surface area contributed by atoms with Gasteiger partial charge in [-0.25, -0.2) is 10.8 Å². The smallest absolute Gasteiger partial charge is 0.237 e. The molecule has 0 unspecified atom stereocenters. The lowest BCUT2D eigenvalue weighted by Gasteiger charge is -2.30. The molecule has 1 aromatic rings. The molecule has 1 aliphatic rings. The van der Waals surface area contributed by atoms with Gasteiger partial charge in [-0.2, -0.15) is 0 Å². The monoisotopic (exact) mass is 314 g/mol. The summed E-state index contributed by atoms with van der Waals surface area (Å²) in [6, 6.07) is 0. The summed E-state index contributed by atoms with van der Waals surface area (Å²) in [4.78, 5) is 29.6. The molecule has 8 heteroatoms. The van der Waals surface area contributed by atoms with Crippen molar-refractivity contribution in [1.82, 2.24) is 15.3 Å². The quantitative estimate of drug-likeness (QED) is 0.371. The number of hydrogen-bond acceptors (Lipinski definition) is 6. The average molecular weight is 314 g/mol. The number of hydrogen-bond donors (Lipinski definition) is 2. The molecule has 2 rings (SSSR count). The van der Waals surface area contributed by atoms with Crippen molar-refractivity contribution < 1.29 is 9.59 Å². The van der Waals surface area contributed by atoms with Crippen molar-refractivity contribution in [2.45, 2.75) is 24.1 Å². The molecule has 1 saturated heterocycles. The normalized spacial score (nSPS) is 16.2. The number of rotatable bonds is 4. The van der Waals surface area contributed by atoms with Crippen LogP contribution in [0.1, 0.15) is 18.5 Å². The SMILES string of the molecule is Cc1csc(SCC(=O)N2CCC(C(=O)NN)CC2)n1. The fourth-order valence-corrected chi connectivity index (χ4v) is 3.87. The molecule has 0 saturated carbocycles. The van der Waals surface area contributed by atoms with E-state index in [1.165, 1.54) is 11.8 Å². The number of thioether (sulfide) groups is 1. The van der Waals surface area contributed by atoms with E-state index in [0.717, 1.165) is 10.0 Å². The minimum atomic E-state index is -0.135. The Morgan fingerprint density at radius 3 is 2.80 bits per heavy atom. The van der Waals surface area contributed by atoms with Gasteiger partial charge in [-0.3, -0.25) is 15.0 Å². The van der Waals surface area contributed by atoms with Crippen LogP contribution in [0, 0.1) is 12.8 Å². The van der Waals surface area contributed by atoms with E-state index >= 15 is 0 Å². The van der Waals surface area contributed by atoms with E-state index in [1.807, 2.05) is 17.2 Å². The number of nitrogens with two attached hydrogens (primary N) is 1. The molecule has 0 spiro atoms. The zero-order valence-electron chi connectivity index (χ0n) is 11.3. The van der Waals surface area contributed by atoms with Crippen molar-refractivity contribution in [3.63, 3.8) is 0 Å². The van der Waals surface area contributed by atoms with Crippen molar-refractivity contribution in [2.75, 3.05) is 18.8 Å². The highest BCUT2D eigenvalue weighted by Crippen LogP contribution is 2.24. The molecule has 20 heavy (non-hydrogen) atoms. The molecule has 1 aromatic heterocycles. The molecule has 0 aliphatic carbocycles. The third kappa shape index (κ3) is 3.94. The predicted molar refractivity (Wildman–Crippen MR) is 79.2 cm³/mol. The summed E-state index contributed by atoms with van der Waals surface area (Å²) in [5.74, 6) is 5.43. The maximum Gasteiger partial charge on any atom is 0.237 e. The molecule has 6 nitrogen and oxygen atoms in total. The number of carbonyl (C=O) groups excluding carboxylic acids is 2. The average Bonchev–Trinajstić information content (AvgIpc) is 2.89. The molecule has 1 aliphatic heterocycles. The first-order valence-corrected chi connectivity index (χ1v) is 8.30. The van der Waals surface area contributed by atoms with Gasteiger partial charge in [-0.1, -0.05) is 11.8 Å². The van der Waals surface area contributed by atoms with Gasteiger partial charge in [0.2, 0.25) is 11.8 Å². The van der Waals surface area contributed by atoms with Gasteiger partial charge in [0.25, 0.3) is 0 Å². The lowest BCUT2D eigenvalue weighted by molar-refractivity contribution is -0.133. The summed E-state index contributed by atoms with van der Waals surface area (Å²) in [7, 11) is 0. The molecule has 2 heterocycles. The Hall–Kier alpha value is -1.12. The van der Waals surface area contributed by atoms with Crippen LogP contribution in [-0.4, -0.2) is 40.5 Å². The number of piperidine rings is 1. The highest BCUT2D eigenvalue weighted by atomic mass is 32.2. The van der Waals surface area contributed by atoms with Crippen molar-refractivity contribution in [1.29, 1.82) is 0 Å². The summed E-state index contributed by atoms with van der Waals surface area (Å²) in [5.41, 5.74) is 3.16. The Morgan fingerprint density at radius 2 is 2.25 bits per heavy atom. The van der Waals surface area contributed by atoms with E-state index in [2.05, 4.69) is 10.4 Å². The number of nitrogens with one attached hydrogen (secondary N) is 1. The third-order valence-corrected chi connectivity index (χ3v) is 5.40. The van der Waals surface area contributed by atoms with Crippen LogP contribution in [0.15, 0.2) is 9.72 Å². The summed E-state index contributed by atoms with van der Waals surface area (Å²) in [6.07, 6.45) is 1.35. The molecule has 0 bridgehead atoms. The van der Waals surface area contributed by atoms with E-state index in [1.54, 1.807) is 11.3 Å². The van der Waals surface area contributed by atoms with Crippen LogP contribution in [-0.2, 0) is 9.59 Å². The van der Waals surface area contributed by atoms with Gasteiger partial charge in [0.05, 0.1) is 5.75 Å². The zero-order valence-corrected chi connectivity index (χ0v) is 12.9. The lowest BCUT2D eigenvalue weighted by Crippen LogP contribution is -2.45. The molecule has 0 radical (unpaired) electrons. The molecular weight excluding hydrogens is 296 g/mol. The Bertz CT molecular complexity index is 484. The summed E-state index contributed by atoms with van der Waals surface area (Å²) in [5, 5.41) is 1.98. The number of amides is 2. The third-order valence-electron chi connectivity index (χ3n) is 3.28. The number of nitrogens with zero attached hydrogens (tertiary/aromatic N) is 2. The van der Waals surface area contributed by atoms with Crippen LogP contribution in [0.4, 0.5) is 0 Å². The van der Waals surface area contributed by atoms with Crippen molar-refractivity contribution in [2.24, 2.45) is 11.8 Å². The molecule has 110 valence electrons. The second-order valence-electron chi connectivity index (χ2n) is 4.71. The molecule has 2 amide bonds. The standard InChI is InChI=1S/C12H18N4O2S2/c1-8-6-19-12(14-8)20-7-10(17)16-4-2-9(3-5-16)11(18)15-13/h6,9H,2-5,7,13H2,1H3,(H,15,18). The highest BCUT2D eigenvalue weighted by molar-refractivity contribution is 8.01. The van der Waals surface area contributed by atoms with E-state index in [4.69, 9.17) is 5.84 Å². The van der Waals surface area contributed by atoms with Crippen LogP contribution < -0.4 is 11.3 Å². The van der Waals surface area contributed by atoms with Crippen LogP contribution in [0.5, 0.6) is 0 Å². The molecular formula is C12H18N4O2S2. The Kier molecular flexibility index (Phi) is 5.38. The fourth-order valence-electron chi connectivity index (χ4n) is 2.12. The number of aryl methyl sites for hydroxylation is 1. The topological polar surface area (TPSA) is 88.3 Å². The van der Waals surface area contributed by atoms with E-state index in [-0.39, 0.29) is 17.7 Å².